The zero-order valence-corrected chi connectivity index (χ0v) is 16.7. The Balaban J connectivity index is 1.48. The molecular weight excluding hydrogens is 393 g/mol. The number of hydrogen-bond acceptors (Lipinski definition) is 6. The summed E-state index contributed by atoms with van der Waals surface area (Å²) in [6.07, 6.45) is 0. The van der Waals surface area contributed by atoms with Crippen LogP contribution in [0.25, 0.3) is 10.2 Å². The Morgan fingerprint density at radius 2 is 1.93 bits per heavy atom. The third-order valence-electron chi connectivity index (χ3n) is 4.73. The van der Waals surface area contributed by atoms with E-state index in [-0.39, 0.29) is 18.3 Å². The number of hydrogen-bond donors (Lipinski definition) is 0. The summed E-state index contributed by atoms with van der Waals surface area (Å²) < 4.78 is 25.1. The highest BCUT2D eigenvalue weighted by atomic mass is 32.1. The first-order chi connectivity index (χ1) is 14.2. The van der Waals surface area contributed by atoms with E-state index < -0.39 is 0 Å². The number of amides is 1. The molecule has 6 nitrogen and oxygen atoms in total. The summed E-state index contributed by atoms with van der Waals surface area (Å²) in [7, 11) is 0. The molecule has 1 aromatic heterocycles. The molecule has 0 radical (unpaired) electrons. The van der Waals surface area contributed by atoms with Crippen LogP contribution in [0.15, 0.2) is 48.5 Å². The molecule has 0 saturated carbocycles. The second-order valence-electron chi connectivity index (χ2n) is 6.71. The maximum atomic E-state index is 13.1. The minimum Gasteiger partial charge on any atom is -0.484 e. The molecule has 0 spiro atoms. The molecule has 29 heavy (non-hydrogen) atoms. The number of benzene rings is 2. The largest absolute Gasteiger partial charge is 0.484 e. The van der Waals surface area contributed by atoms with E-state index in [4.69, 9.17) is 9.47 Å². The van der Waals surface area contributed by atoms with E-state index >= 15 is 0 Å². The maximum Gasteiger partial charge on any atom is 0.266 e. The molecule has 152 valence electrons. The minimum atomic E-state index is -0.342. The predicted octanol–water partition coefficient (Wildman–Crippen LogP) is 3.18. The number of aromatic nitrogens is 1. The van der Waals surface area contributed by atoms with E-state index in [0.29, 0.717) is 30.6 Å². The highest BCUT2D eigenvalue weighted by molar-refractivity contribution is 7.22. The fraction of sp³-hybridized carbons (Fsp3) is 0.333. The fourth-order valence-electron chi connectivity index (χ4n) is 3.12. The minimum absolute atomic E-state index is 0.134. The summed E-state index contributed by atoms with van der Waals surface area (Å²) in [5, 5.41) is 0.659. The van der Waals surface area contributed by atoms with E-state index in [2.05, 4.69) is 9.88 Å². The van der Waals surface area contributed by atoms with E-state index in [1.165, 1.54) is 35.6 Å². The zero-order valence-electron chi connectivity index (χ0n) is 15.9. The Hall–Kier alpha value is -2.55. The van der Waals surface area contributed by atoms with Gasteiger partial charge in [0.1, 0.15) is 11.6 Å². The van der Waals surface area contributed by atoms with Gasteiger partial charge in [-0.25, -0.2) is 9.37 Å². The molecule has 0 atom stereocenters. The number of halogens is 1. The summed E-state index contributed by atoms with van der Waals surface area (Å²) >= 11 is 1.49. The van der Waals surface area contributed by atoms with Crippen LogP contribution in [0.1, 0.15) is 0 Å². The number of ether oxygens (including phenoxy) is 2. The third kappa shape index (κ3) is 5.09. The molecule has 3 aromatic rings. The Bertz CT molecular complexity index is 924. The van der Waals surface area contributed by atoms with Gasteiger partial charge in [0.2, 0.25) is 0 Å². The van der Waals surface area contributed by atoms with Crippen LogP contribution in [0.4, 0.5) is 9.52 Å². The molecule has 0 aliphatic carbocycles. The second kappa shape index (κ2) is 9.30. The molecule has 0 bridgehead atoms. The van der Waals surface area contributed by atoms with Crippen LogP contribution < -0.4 is 9.64 Å². The average molecular weight is 415 g/mol. The van der Waals surface area contributed by atoms with Gasteiger partial charge >= 0.3 is 0 Å². The molecule has 1 saturated heterocycles. The van der Waals surface area contributed by atoms with Crippen LogP contribution in [0.2, 0.25) is 0 Å². The van der Waals surface area contributed by atoms with Gasteiger partial charge < -0.3 is 9.47 Å². The third-order valence-corrected chi connectivity index (χ3v) is 5.79. The van der Waals surface area contributed by atoms with E-state index in [1.807, 2.05) is 24.3 Å². The van der Waals surface area contributed by atoms with Gasteiger partial charge in [0.05, 0.1) is 23.4 Å². The molecule has 0 N–H and O–H groups in total. The normalized spacial score (nSPS) is 14.8. The van der Waals surface area contributed by atoms with E-state index in [1.54, 1.807) is 4.90 Å². The van der Waals surface area contributed by atoms with Crippen molar-refractivity contribution < 1.29 is 18.7 Å². The van der Waals surface area contributed by atoms with Crippen LogP contribution in [0.5, 0.6) is 5.75 Å². The second-order valence-corrected chi connectivity index (χ2v) is 7.72. The van der Waals surface area contributed by atoms with Crippen LogP contribution in [0, 0.1) is 5.82 Å². The molecule has 2 heterocycles. The van der Waals surface area contributed by atoms with Crippen molar-refractivity contribution in [1.82, 2.24) is 9.88 Å². The van der Waals surface area contributed by atoms with Crippen LogP contribution in [-0.2, 0) is 9.53 Å². The van der Waals surface area contributed by atoms with Crippen molar-refractivity contribution in [2.45, 2.75) is 0 Å². The van der Waals surface area contributed by atoms with Gasteiger partial charge in [-0.15, -0.1) is 0 Å². The summed E-state index contributed by atoms with van der Waals surface area (Å²) in [4.78, 5) is 21.6. The number of anilines is 1. The number of thiazole rings is 1. The van der Waals surface area contributed by atoms with Crippen molar-refractivity contribution in [2.24, 2.45) is 0 Å². The predicted molar refractivity (Wildman–Crippen MR) is 111 cm³/mol. The Labute approximate surface area is 172 Å². The Morgan fingerprint density at radius 3 is 2.69 bits per heavy atom. The van der Waals surface area contributed by atoms with Crippen LogP contribution in [-0.4, -0.2) is 61.8 Å². The van der Waals surface area contributed by atoms with Gasteiger partial charge in [0.15, 0.2) is 11.7 Å². The monoisotopic (exact) mass is 415 g/mol. The number of morpholine rings is 1. The van der Waals surface area contributed by atoms with Crippen LogP contribution >= 0.6 is 11.3 Å². The zero-order chi connectivity index (χ0) is 20.1. The van der Waals surface area contributed by atoms with E-state index in [9.17, 15) is 9.18 Å². The van der Waals surface area contributed by atoms with Gasteiger partial charge in [0, 0.05) is 26.2 Å². The number of para-hydroxylation sites is 1. The summed E-state index contributed by atoms with van der Waals surface area (Å²) in [6, 6.07) is 13.5. The van der Waals surface area contributed by atoms with Crippen molar-refractivity contribution >= 4 is 32.6 Å². The lowest BCUT2D eigenvalue weighted by Gasteiger charge is -2.29. The van der Waals surface area contributed by atoms with Gasteiger partial charge in [-0.1, -0.05) is 23.5 Å². The quantitative estimate of drug-likeness (QED) is 0.593. The standard InChI is InChI=1S/C21H22FN3O3S/c22-16-5-7-17(8-6-16)28-15-20(26)25(10-9-24-11-13-27-14-12-24)21-23-18-3-1-2-4-19(18)29-21/h1-8H,9-15H2. The van der Waals surface area contributed by atoms with Gasteiger partial charge in [-0.3, -0.25) is 14.6 Å². The number of carbonyl (C=O) groups excluding carboxylic acids is 1. The molecule has 1 aliphatic heterocycles. The summed E-state index contributed by atoms with van der Waals surface area (Å²) in [5.41, 5.74) is 0.871. The van der Waals surface area contributed by atoms with Crippen molar-refractivity contribution in [3.63, 3.8) is 0 Å². The molecule has 1 fully saturated rings. The fourth-order valence-corrected chi connectivity index (χ4v) is 4.13. The lowest BCUT2D eigenvalue weighted by Crippen LogP contribution is -2.44. The molecule has 1 aliphatic rings. The summed E-state index contributed by atoms with van der Waals surface area (Å²) in [5.74, 6) is -0.0656. The summed E-state index contributed by atoms with van der Waals surface area (Å²) in [6.45, 7) is 4.26. The topological polar surface area (TPSA) is 54.9 Å². The lowest BCUT2D eigenvalue weighted by molar-refractivity contribution is -0.120. The maximum absolute atomic E-state index is 13.1. The lowest BCUT2D eigenvalue weighted by atomic mass is 10.3. The molecule has 0 unspecified atom stereocenters. The van der Waals surface area contributed by atoms with Gasteiger partial charge in [0.25, 0.3) is 5.91 Å². The smallest absolute Gasteiger partial charge is 0.266 e. The van der Waals surface area contributed by atoms with Crippen molar-refractivity contribution in [3.05, 3.63) is 54.3 Å². The Kier molecular flexibility index (Phi) is 6.33. The number of carbonyl (C=O) groups is 1. The molecular formula is C21H22FN3O3S. The van der Waals surface area contributed by atoms with Crippen molar-refractivity contribution in [1.29, 1.82) is 0 Å². The van der Waals surface area contributed by atoms with Crippen LogP contribution in [0.3, 0.4) is 0 Å². The number of nitrogens with zero attached hydrogens (tertiary/aromatic N) is 3. The van der Waals surface area contributed by atoms with E-state index in [0.717, 1.165) is 29.9 Å². The first-order valence-corrected chi connectivity index (χ1v) is 10.3. The average Bonchev–Trinajstić information content (AvgIpc) is 3.18. The molecule has 4 rings (SSSR count). The van der Waals surface area contributed by atoms with Crippen molar-refractivity contribution in [3.8, 4) is 5.75 Å². The Morgan fingerprint density at radius 1 is 1.17 bits per heavy atom. The first-order valence-electron chi connectivity index (χ1n) is 9.53. The van der Waals surface area contributed by atoms with Gasteiger partial charge in [-0.05, 0) is 36.4 Å². The van der Waals surface area contributed by atoms with Crippen molar-refractivity contribution in [2.75, 3.05) is 50.9 Å². The number of rotatable bonds is 7. The highest BCUT2D eigenvalue weighted by Gasteiger charge is 2.22. The number of fused-ring (bicyclic) bond motifs is 1. The van der Waals surface area contributed by atoms with Gasteiger partial charge in [-0.2, -0.15) is 0 Å². The SMILES string of the molecule is O=C(COc1ccc(F)cc1)N(CCN1CCOCC1)c1nc2ccccc2s1. The highest BCUT2D eigenvalue weighted by Crippen LogP contribution is 2.28. The first kappa shape index (κ1) is 19.8. The molecule has 8 heteroatoms. The molecule has 1 amide bonds. The molecule has 2 aromatic carbocycles.